The molecule has 1 heterocycles. The van der Waals surface area contributed by atoms with Gasteiger partial charge in [-0.05, 0) is 19.1 Å². The summed E-state index contributed by atoms with van der Waals surface area (Å²) in [5.41, 5.74) is 0.779. The largest absolute Gasteiger partial charge is 0.374 e. The van der Waals surface area contributed by atoms with Crippen LogP contribution in [0.1, 0.15) is 6.92 Å². The maximum Gasteiger partial charge on any atom is 0.241 e. The summed E-state index contributed by atoms with van der Waals surface area (Å²) in [4.78, 5) is 15.0. The number of aromatic nitrogens is 1. The first-order valence-electron chi connectivity index (χ1n) is 4.23. The smallest absolute Gasteiger partial charge is 0.241 e. The van der Waals surface area contributed by atoms with Gasteiger partial charge in [-0.3, -0.25) is 4.79 Å². The van der Waals surface area contributed by atoms with Gasteiger partial charge >= 0.3 is 0 Å². The number of nitrogens with zero attached hydrogens (tertiary/aromatic N) is 1. The normalized spacial score (nSPS) is 11.9. The van der Waals surface area contributed by atoms with Crippen molar-refractivity contribution in [3.05, 3.63) is 23.5 Å². The standard InChI is InChI=1S/C9H12ClN3O/c1-6(9(14)11-2)13-7-3-4-12-8(10)5-7/h3-6H,1-2H3,(H,11,14)(H,12,13)/t6-/m0/s1. The first-order valence-corrected chi connectivity index (χ1v) is 4.61. The molecule has 0 saturated carbocycles. The third-order valence-corrected chi connectivity index (χ3v) is 1.96. The van der Waals surface area contributed by atoms with E-state index in [0.29, 0.717) is 5.15 Å². The Morgan fingerprint density at radius 2 is 2.36 bits per heavy atom. The number of carbonyl (C=O) groups excluding carboxylic acids is 1. The van der Waals surface area contributed by atoms with Crippen LogP contribution in [0, 0.1) is 0 Å². The molecular formula is C9H12ClN3O. The fraction of sp³-hybridized carbons (Fsp3) is 0.333. The van der Waals surface area contributed by atoms with Crippen molar-refractivity contribution < 1.29 is 4.79 Å². The third kappa shape index (κ3) is 2.88. The topological polar surface area (TPSA) is 54.0 Å². The molecule has 0 fully saturated rings. The highest BCUT2D eigenvalue weighted by molar-refractivity contribution is 6.29. The van der Waals surface area contributed by atoms with Crippen LogP contribution in [-0.2, 0) is 4.79 Å². The Labute approximate surface area is 87.7 Å². The number of hydrogen-bond acceptors (Lipinski definition) is 3. The average Bonchev–Trinajstić information content (AvgIpc) is 2.16. The van der Waals surface area contributed by atoms with E-state index in [-0.39, 0.29) is 11.9 Å². The number of anilines is 1. The van der Waals surface area contributed by atoms with Crippen molar-refractivity contribution in [3.8, 4) is 0 Å². The van der Waals surface area contributed by atoms with Crippen LogP contribution in [0.2, 0.25) is 5.15 Å². The molecule has 0 aliphatic carbocycles. The first-order chi connectivity index (χ1) is 6.63. The summed E-state index contributed by atoms with van der Waals surface area (Å²) in [6, 6.07) is 3.13. The fourth-order valence-corrected chi connectivity index (χ4v) is 1.20. The molecule has 0 unspecified atom stereocenters. The molecule has 0 bridgehead atoms. The Kier molecular flexibility index (Phi) is 3.71. The quantitative estimate of drug-likeness (QED) is 0.744. The second-order valence-electron chi connectivity index (χ2n) is 2.85. The van der Waals surface area contributed by atoms with Gasteiger partial charge in [0, 0.05) is 18.9 Å². The van der Waals surface area contributed by atoms with Crippen molar-refractivity contribution in [2.45, 2.75) is 13.0 Å². The van der Waals surface area contributed by atoms with Gasteiger partial charge in [0.05, 0.1) is 0 Å². The summed E-state index contributed by atoms with van der Waals surface area (Å²) in [6.07, 6.45) is 1.58. The summed E-state index contributed by atoms with van der Waals surface area (Å²) in [6.45, 7) is 1.77. The van der Waals surface area contributed by atoms with Gasteiger partial charge in [-0.2, -0.15) is 0 Å². The summed E-state index contributed by atoms with van der Waals surface area (Å²) < 4.78 is 0. The van der Waals surface area contributed by atoms with Crippen molar-refractivity contribution in [1.29, 1.82) is 0 Å². The predicted octanol–water partition coefficient (Wildman–Crippen LogP) is 1.28. The van der Waals surface area contributed by atoms with Crippen LogP contribution < -0.4 is 10.6 Å². The molecule has 1 aromatic heterocycles. The van der Waals surface area contributed by atoms with Crippen LogP contribution in [0.5, 0.6) is 0 Å². The van der Waals surface area contributed by atoms with E-state index in [4.69, 9.17) is 11.6 Å². The van der Waals surface area contributed by atoms with Gasteiger partial charge in [0.15, 0.2) is 0 Å². The Morgan fingerprint density at radius 1 is 1.64 bits per heavy atom. The summed E-state index contributed by atoms with van der Waals surface area (Å²) >= 11 is 5.69. The number of carbonyl (C=O) groups is 1. The first kappa shape index (κ1) is 10.8. The minimum Gasteiger partial charge on any atom is -0.374 e. The van der Waals surface area contributed by atoms with E-state index in [1.807, 2.05) is 0 Å². The lowest BCUT2D eigenvalue weighted by molar-refractivity contribution is -0.121. The molecule has 4 nitrogen and oxygen atoms in total. The second kappa shape index (κ2) is 4.81. The molecule has 0 aromatic carbocycles. The van der Waals surface area contributed by atoms with Crippen LogP contribution in [0.25, 0.3) is 0 Å². The van der Waals surface area contributed by atoms with Crippen molar-refractivity contribution in [2.75, 3.05) is 12.4 Å². The van der Waals surface area contributed by atoms with E-state index < -0.39 is 0 Å². The highest BCUT2D eigenvalue weighted by atomic mass is 35.5. The molecule has 1 atom stereocenters. The van der Waals surface area contributed by atoms with Gasteiger partial charge in [0.2, 0.25) is 5.91 Å². The Balaban J connectivity index is 2.64. The molecule has 0 saturated heterocycles. The predicted molar refractivity (Wildman–Crippen MR) is 56.4 cm³/mol. The molecule has 0 aliphatic heterocycles. The van der Waals surface area contributed by atoms with Crippen LogP contribution in [-0.4, -0.2) is 24.0 Å². The summed E-state index contributed by atoms with van der Waals surface area (Å²) in [7, 11) is 1.60. The number of hydrogen-bond donors (Lipinski definition) is 2. The lowest BCUT2D eigenvalue weighted by Gasteiger charge is -2.13. The van der Waals surface area contributed by atoms with E-state index in [1.165, 1.54) is 0 Å². The maximum absolute atomic E-state index is 11.2. The molecule has 14 heavy (non-hydrogen) atoms. The molecular weight excluding hydrogens is 202 g/mol. The second-order valence-corrected chi connectivity index (χ2v) is 3.23. The summed E-state index contributed by atoms with van der Waals surface area (Å²) in [5, 5.41) is 5.95. The number of rotatable bonds is 3. The van der Waals surface area contributed by atoms with E-state index in [0.717, 1.165) is 5.69 Å². The van der Waals surface area contributed by atoms with E-state index in [1.54, 1.807) is 32.3 Å². The van der Waals surface area contributed by atoms with Gasteiger partial charge < -0.3 is 10.6 Å². The molecule has 1 amide bonds. The number of amides is 1. The molecule has 1 aromatic rings. The fourth-order valence-electron chi connectivity index (χ4n) is 1.02. The number of nitrogens with one attached hydrogen (secondary N) is 2. The highest BCUT2D eigenvalue weighted by Crippen LogP contribution is 2.12. The van der Waals surface area contributed by atoms with Crippen LogP contribution in [0.4, 0.5) is 5.69 Å². The number of likely N-dealkylation sites (N-methyl/N-ethyl adjacent to an activating group) is 1. The zero-order chi connectivity index (χ0) is 10.6. The molecule has 2 N–H and O–H groups in total. The van der Waals surface area contributed by atoms with Crippen LogP contribution in [0.3, 0.4) is 0 Å². The Morgan fingerprint density at radius 3 is 2.93 bits per heavy atom. The Hall–Kier alpha value is -1.29. The van der Waals surface area contributed by atoms with Gasteiger partial charge in [-0.25, -0.2) is 4.98 Å². The van der Waals surface area contributed by atoms with Gasteiger partial charge in [0.1, 0.15) is 11.2 Å². The van der Waals surface area contributed by atoms with Crippen molar-refractivity contribution in [2.24, 2.45) is 0 Å². The number of halogens is 1. The van der Waals surface area contributed by atoms with Crippen LogP contribution in [0.15, 0.2) is 18.3 Å². The van der Waals surface area contributed by atoms with Crippen LogP contribution >= 0.6 is 11.6 Å². The molecule has 76 valence electrons. The van der Waals surface area contributed by atoms with Gasteiger partial charge in [-0.15, -0.1) is 0 Å². The highest BCUT2D eigenvalue weighted by Gasteiger charge is 2.09. The zero-order valence-corrected chi connectivity index (χ0v) is 8.80. The van der Waals surface area contributed by atoms with E-state index in [2.05, 4.69) is 15.6 Å². The molecule has 5 heteroatoms. The minimum absolute atomic E-state index is 0.0714. The monoisotopic (exact) mass is 213 g/mol. The lowest BCUT2D eigenvalue weighted by atomic mass is 10.3. The van der Waals surface area contributed by atoms with Crippen molar-refractivity contribution in [3.63, 3.8) is 0 Å². The average molecular weight is 214 g/mol. The summed E-state index contributed by atoms with van der Waals surface area (Å²) in [5.74, 6) is -0.0714. The van der Waals surface area contributed by atoms with Gasteiger partial charge in [-0.1, -0.05) is 11.6 Å². The third-order valence-electron chi connectivity index (χ3n) is 1.75. The van der Waals surface area contributed by atoms with Crippen molar-refractivity contribution >= 4 is 23.2 Å². The van der Waals surface area contributed by atoms with E-state index >= 15 is 0 Å². The van der Waals surface area contributed by atoms with E-state index in [9.17, 15) is 4.79 Å². The molecule has 0 aliphatic rings. The maximum atomic E-state index is 11.2. The zero-order valence-electron chi connectivity index (χ0n) is 8.04. The molecule has 0 radical (unpaired) electrons. The SMILES string of the molecule is CNC(=O)[C@H](C)Nc1ccnc(Cl)c1. The Bertz CT molecular complexity index is 330. The van der Waals surface area contributed by atoms with Gasteiger partial charge in [0.25, 0.3) is 0 Å². The minimum atomic E-state index is -0.293. The van der Waals surface area contributed by atoms with Crippen molar-refractivity contribution in [1.82, 2.24) is 10.3 Å². The lowest BCUT2D eigenvalue weighted by Crippen LogP contribution is -2.35. The molecule has 0 spiro atoms. The number of pyridine rings is 1. The molecule has 1 rings (SSSR count).